The Balaban J connectivity index is 1.93. The number of nitrogens with zero attached hydrogens (tertiary/aromatic N) is 1. The molecule has 3 aromatic carbocycles. The Morgan fingerprint density at radius 2 is 1.14 bits per heavy atom. The summed E-state index contributed by atoms with van der Waals surface area (Å²) >= 11 is 0. The highest BCUT2D eigenvalue weighted by Crippen LogP contribution is 2.32. The number of hydrogen-bond acceptors (Lipinski definition) is 0. The predicted octanol–water partition coefficient (Wildman–Crippen LogP) is 3.98. The van der Waals surface area contributed by atoms with Crippen LogP contribution in [0.5, 0.6) is 0 Å². The monoisotopic (exact) mass is 359 g/mol. The molecule has 0 unspecified atom stereocenters. The fraction of sp³-hybridized carbons (Fsp3) is 0.0385. The zero-order valence-electron chi connectivity index (χ0n) is 16.0. The third-order valence-corrected chi connectivity index (χ3v) is 6.11. The molecule has 5 rings (SSSR count). The number of aryl methyl sites for hydroxylation is 1. The lowest BCUT2D eigenvalue weighted by Crippen LogP contribution is -2.78. The van der Waals surface area contributed by atoms with Gasteiger partial charge in [0.1, 0.15) is 6.20 Å². The quantitative estimate of drug-likeness (QED) is 0.487. The minimum Gasteiger partial charge on any atom is -0.408 e. The van der Waals surface area contributed by atoms with E-state index in [2.05, 4.69) is 127 Å². The van der Waals surface area contributed by atoms with Gasteiger partial charge in [-0.25, -0.2) is 0 Å². The molecule has 0 spiro atoms. The van der Waals surface area contributed by atoms with Crippen molar-refractivity contribution in [2.24, 2.45) is 0 Å². The second kappa shape index (κ2) is 6.65. The van der Waals surface area contributed by atoms with E-state index in [1.165, 1.54) is 33.2 Å². The third kappa shape index (κ3) is 2.38. The topological polar surface area (TPSA) is 3.88 Å². The molecule has 0 fully saturated rings. The van der Waals surface area contributed by atoms with Crippen molar-refractivity contribution in [1.29, 1.82) is 0 Å². The second-order valence-corrected chi connectivity index (χ2v) is 7.59. The molecule has 0 N–H and O–H groups in total. The molecule has 134 valence electrons. The molecule has 2 heterocycles. The van der Waals surface area contributed by atoms with E-state index in [4.69, 9.17) is 0 Å². The highest BCUT2D eigenvalue weighted by molar-refractivity contribution is 7.10. The summed E-state index contributed by atoms with van der Waals surface area (Å²) in [4.78, 5) is 0. The number of rotatable bonds is 3. The summed E-state index contributed by atoms with van der Waals surface area (Å²) in [5.74, 6) is 0. The lowest BCUT2D eigenvalue weighted by atomic mass is 9.23. The van der Waals surface area contributed by atoms with Crippen molar-refractivity contribution >= 4 is 28.8 Å². The van der Waals surface area contributed by atoms with Crippen LogP contribution in [0.15, 0.2) is 109 Å². The molecular formula is C26H22BN. The smallest absolute Gasteiger partial charge is 0.361 e. The maximum Gasteiger partial charge on any atom is 0.361 e. The van der Waals surface area contributed by atoms with E-state index in [0.717, 1.165) is 0 Å². The normalized spacial score (nSPS) is 14.4. The van der Waals surface area contributed by atoms with E-state index < -0.39 is 6.28 Å². The molecule has 1 aromatic heterocycles. The van der Waals surface area contributed by atoms with Crippen molar-refractivity contribution in [2.45, 2.75) is 6.92 Å². The van der Waals surface area contributed by atoms with E-state index in [9.17, 15) is 0 Å². The standard InChI is InChI=1S/C26H22BN/c1-21-12-11-19-28-26(21)20-25(22-13-5-2-6-14-22)27(28,23-15-7-3-8-16-23)24-17-9-4-10-18-24/h2-20H,1H3. The summed E-state index contributed by atoms with van der Waals surface area (Å²) in [5.41, 5.74) is 7.89. The van der Waals surface area contributed by atoms with Gasteiger partial charge in [-0.05, 0) is 25.1 Å². The van der Waals surface area contributed by atoms with Gasteiger partial charge in [-0.15, -0.1) is 16.4 Å². The highest BCUT2D eigenvalue weighted by Gasteiger charge is 2.48. The average molecular weight is 359 g/mol. The fourth-order valence-electron chi connectivity index (χ4n) is 4.88. The summed E-state index contributed by atoms with van der Waals surface area (Å²) < 4.78 is 2.50. The first-order chi connectivity index (χ1) is 13.8. The molecule has 0 radical (unpaired) electrons. The largest absolute Gasteiger partial charge is 0.408 e. The first-order valence-electron chi connectivity index (χ1n) is 9.87. The van der Waals surface area contributed by atoms with Gasteiger partial charge in [0.05, 0.1) is 0 Å². The van der Waals surface area contributed by atoms with Crippen LogP contribution in [0, 0.1) is 6.92 Å². The lowest BCUT2D eigenvalue weighted by Gasteiger charge is -2.35. The summed E-state index contributed by atoms with van der Waals surface area (Å²) in [7, 11) is 0. The van der Waals surface area contributed by atoms with Gasteiger partial charge in [0, 0.05) is 5.56 Å². The van der Waals surface area contributed by atoms with Gasteiger partial charge in [-0.2, -0.15) is 0 Å². The van der Waals surface area contributed by atoms with Crippen LogP contribution in [0.25, 0.3) is 11.5 Å². The van der Waals surface area contributed by atoms with Crippen LogP contribution in [0.1, 0.15) is 16.8 Å². The minimum atomic E-state index is -1.31. The first kappa shape index (κ1) is 16.8. The molecular weight excluding hydrogens is 337 g/mol. The Morgan fingerprint density at radius 1 is 0.607 bits per heavy atom. The number of pyridine rings is 1. The van der Waals surface area contributed by atoms with Crippen molar-refractivity contribution in [2.75, 3.05) is 0 Å². The lowest BCUT2D eigenvalue weighted by molar-refractivity contribution is -0.539. The molecule has 28 heavy (non-hydrogen) atoms. The summed E-state index contributed by atoms with van der Waals surface area (Å²) in [5, 5.41) is 0. The molecule has 2 heteroatoms. The van der Waals surface area contributed by atoms with Gasteiger partial charge in [-0.1, -0.05) is 96.6 Å². The molecule has 1 aliphatic heterocycles. The van der Waals surface area contributed by atoms with Gasteiger partial charge in [-0.3, -0.25) is 0 Å². The van der Waals surface area contributed by atoms with E-state index >= 15 is 0 Å². The fourth-order valence-corrected chi connectivity index (χ4v) is 4.88. The van der Waals surface area contributed by atoms with Crippen LogP contribution in [-0.2, 0) is 0 Å². The summed E-state index contributed by atoms with van der Waals surface area (Å²) in [6, 6.07) is 37.1. The van der Waals surface area contributed by atoms with Crippen LogP contribution < -0.4 is 15.4 Å². The molecule has 0 atom stereocenters. The number of fused-ring (bicyclic) bond motifs is 1. The molecule has 0 bridgehead atoms. The van der Waals surface area contributed by atoms with Crippen molar-refractivity contribution < 1.29 is 4.48 Å². The zero-order chi connectivity index (χ0) is 19.0. The van der Waals surface area contributed by atoms with Crippen molar-refractivity contribution in [3.63, 3.8) is 0 Å². The van der Waals surface area contributed by atoms with Crippen molar-refractivity contribution in [3.8, 4) is 0 Å². The molecule has 1 nitrogen and oxygen atoms in total. The minimum absolute atomic E-state index is 1.28. The Morgan fingerprint density at radius 3 is 1.71 bits per heavy atom. The number of hydrogen-bond donors (Lipinski definition) is 0. The molecule has 0 amide bonds. The Bertz CT molecular complexity index is 1110. The SMILES string of the molecule is Cc1ccc[n+]2c1C=C(c1ccccc1)[B-]2(c1ccccc1)c1ccccc1. The third-order valence-electron chi connectivity index (χ3n) is 6.11. The Hall–Kier alpha value is -3.39. The Kier molecular flexibility index (Phi) is 3.98. The summed E-state index contributed by atoms with van der Waals surface area (Å²) in [6.07, 6.45) is 3.33. The van der Waals surface area contributed by atoms with Crippen molar-refractivity contribution in [1.82, 2.24) is 0 Å². The second-order valence-electron chi connectivity index (χ2n) is 7.59. The van der Waals surface area contributed by atoms with E-state index in [1.807, 2.05) is 0 Å². The number of aromatic nitrogens is 1. The average Bonchev–Trinajstić information content (AvgIpc) is 3.13. The maximum absolute atomic E-state index is 2.50. The Labute approximate surface area is 166 Å². The highest BCUT2D eigenvalue weighted by atomic mass is 14.9. The van der Waals surface area contributed by atoms with Gasteiger partial charge in [0.2, 0.25) is 0 Å². The van der Waals surface area contributed by atoms with Crippen LogP contribution >= 0.6 is 0 Å². The molecule has 1 aliphatic rings. The maximum atomic E-state index is 2.50. The molecule has 0 saturated heterocycles. The molecule has 0 saturated carbocycles. The first-order valence-corrected chi connectivity index (χ1v) is 9.87. The van der Waals surface area contributed by atoms with E-state index in [-0.39, 0.29) is 0 Å². The van der Waals surface area contributed by atoms with Gasteiger partial charge >= 0.3 is 6.28 Å². The van der Waals surface area contributed by atoms with Gasteiger partial charge in [0.25, 0.3) is 0 Å². The van der Waals surface area contributed by atoms with Gasteiger partial charge in [0.15, 0.2) is 5.69 Å². The van der Waals surface area contributed by atoms with E-state index in [0.29, 0.717) is 0 Å². The summed E-state index contributed by atoms with van der Waals surface area (Å²) in [6.45, 7) is 2.20. The van der Waals surface area contributed by atoms with Crippen LogP contribution in [-0.4, -0.2) is 6.28 Å². The van der Waals surface area contributed by atoms with Gasteiger partial charge < -0.3 is 4.48 Å². The molecule has 4 aromatic rings. The van der Waals surface area contributed by atoms with Crippen LogP contribution in [0.4, 0.5) is 0 Å². The zero-order valence-corrected chi connectivity index (χ0v) is 16.0. The predicted molar refractivity (Wildman–Crippen MR) is 119 cm³/mol. The van der Waals surface area contributed by atoms with Crippen LogP contribution in [0.2, 0.25) is 0 Å². The van der Waals surface area contributed by atoms with Crippen LogP contribution in [0.3, 0.4) is 0 Å². The molecule has 0 aliphatic carbocycles. The van der Waals surface area contributed by atoms with E-state index in [1.54, 1.807) is 0 Å². The number of benzene rings is 3. The van der Waals surface area contributed by atoms with Crippen molar-refractivity contribution in [3.05, 3.63) is 126 Å².